The minimum atomic E-state index is -0.249. The van der Waals surface area contributed by atoms with E-state index in [0.29, 0.717) is 23.9 Å². The second-order valence-corrected chi connectivity index (χ2v) is 8.44. The number of amides is 1. The fourth-order valence-electron chi connectivity index (χ4n) is 3.58. The Balaban J connectivity index is 1.37. The molecule has 35 heavy (non-hydrogen) atoms. The molecule has 0 radical (unpaired) electrons. The minimum absolute atomic E-state index is 0.249. The molecule has 4 rings (SSSR count). The van der Waals surface area contributed by atoms with Crippen molar-refractivity contribution < 1.29 is 14.3 Å². The number of hydrogen-bond donors (Lipinski definition) is 1. The van der Waals surface area contributed by atoms with Gasteiger partial charge in [-0.1, -0.05) is 48.0 Å². The van der Waals surface area contributed by atoms with Crippen molar-refractivity contribution in [2.24, 2.45) is 0 Å². The summed E-state index contributed by atoms with van der Waals surface area (Å²) in [4.78, 5) is 12.5. The van der Waals surface area contributed by atoms with Gasteiger partial charge in [0.2, 0.25) is 5.91 Å². The first-order chi connectivity index (χ1) is 17.0. The summed E-state index contributed by atoms with van der Waals surface area (Å²) in [6, 6.07) is 21.2. The van der Waals surface area contributed by atoms with Gasteiger partial charge in [-0.25, -0.2) is 0 Å². The van der Waals surface area contributed by atoms with Crippen molar-refractivity contribution in [3.05, 3.63) is 112 Å². The second-order valence-electron chi connectivity index (χ2n) is 8.00. The molecule has 1 heterocycles. The maximum Gasteiger partial charge on any atom is 0.248 e. The predicted molar refractivity (Wildman–Crippen MR) is 139 cm³/mol. The molecule has 0 saturated heterocycles. The van der Waals surface area contributed by atoms with Gasteiger partial charge < -0.3 is 14.8 Å². The van der Waals surface area contributed by atoms with Gasteiger partial charge in [-0.15, -0.1) is 0 Å². The number of aryl methyl sites for hydroxylation is 1. The highest BCUT2D eigenvalue weighted by Crippen LogP contribution is 2.24. The molecule has 0 atom stereocenters. The molecule has 6 nitrogen and oxygen atoms in total. The molecule has 4 aromatic rings. The highest BCUT2D eigenvalue weighted by atomic mass is 35.5. The van der Waals surface area contributed by atoms with Crippen molar-refractivity contribution in [2.45, 2.75) is 20.1 Å². The monoisotopic (exact) mass is 487 g/mol. The zero-order chi connectivity index (χ0) is 24.6. The van der Waals surface area contributed by atoms with Gasteiger partial charge in [0, 0.05) is 22.9 Å². The summed E-state index contributed by atoms with van der Waals surface area (Å²) >= 11 is 6.04. The molecule has 1 amide bonds. The molecule has 0 unspecified atom stereocenters. The summed E-state index contributed by atoms with van der Waals surface area (Å²) in [5.74, 6) is 1.30. The van der Waals surface area contributed by atoms with Crippen LogP contribution in [0.5, 0.6) is 11.5 Å². The van der Waals surface area contributed by atoms with Crippen molar-refractivity contribution in [1.82, 2.24) is 9.78 Å². The summed E-state index contributed by atoms with van der Waals surface area (Å²) < 4.78 is 13.2. The smallest absolute Gasteiger partial charge is 0.248 e. The molecule has 1 N–H and O–H groups in total. The summed E-state index contributed by atoms with van der Waals surface area (Å²) in [7, 11) is 1.63. The van der Waals surface area contributed by atoms with E-state index in [-0.39, 0.29) is 5.91 Å². The maximum absolute atomic E-state index is 12.5. The minimum Gasteiger partial charge on any atom is -0.496 e. The van der Waals surface area contributed by atoms with E-state index in [4.69, 9.17) is 21.1 Å². The van der Waals surface area contributed by atoms with Crippen LogP contribution in [0, 0.1) is 6.92 Å². The van der Waals surface area contributed by atoms with Gasteiger partial charge in [-0.05, 0) is 60.0 Å². The largest absolute Gasteiger partial charge is 0.496 e. The highest BCUT2D eigenvalue weighted by molar-refractivity contribution is 6.30. The van der Waals surface area contributed by atoms with Crippen LogP contribution in [0.2, 0.25) is 5.02 Å². The number of nitrogens with one attached hydrogen (secondary N) is 1. The first-order valence-electron chi connectivity index (χ1n) is 11.1. The Morgan fingerprint density at radius 2 is 1.94 bits per heavy atom. The Labute approximate surface area is 209 Å². The molecule has 0 aliphatic carbocycles. The van der Waals surface area contributed by atoms with Gasteiger partial charge in [0.25, 0.3) is 0 Å². The summed E-state index contributed by atoms with van der Waals surface area (Å²) in [6.45, 7) is 2.92. The van der Waals surface area contributed by atoms with E-state index in [2.05, 4.69) is 10.4 Å². The quantitative estimate of drug-likeness (QED) is 0.288. The first kappa shape index (κ1) is 24.1. The molecule has 0 saturated carbocycles. The van der Waals surface area contributed by atoms with Gasteiger partial charge in [0.15, 0.2) is 0 Å². The number of halogens is 1. The Morgan fingerprint density at radius 3 is 2.74 bits per heavy atom. The van der Waals surface area contributed by atoms with Crippen LogP contribution >= 0.6 is 11.6 Å². The summed E-state index contributed by atoms with van der Waals surface area (Å²) in [5.41, 5.74) is 4.46. The van der Waals surface area contributed by atoms with Crippen LogP contribution < -0.4 is 14.8 Å². The van der Waals surface area contributed by atoms with Crippen molar-refractivity contribution in [1.29, 1.82) is 0 Å². The number of hydrogen-bond acceptors (Lipinski definition) is 4. The summed E-state index contributed by atoms with van der Waals surface area (Å²) in [5, 5.41) is 7.81. The van der Waals surface area contributed by atoms with Crippen LogP contribution in [0.4, 0.5) is 5.69 Å². The SMILES string of the molecule is COc1ccc(/C=C/C(=O)Nc2cnn(Cc3cccc(Cl)c3)c2)cc1COc1ccccc1C. The first-order valence-corrected chi connectivity index (χ1v) is 11.5. The Kier molecular flexibility index (Phi) is 7.85. The second kappa shape index (κ2) is 11.4. The number of para-hydroxylation sites is 1. The number of rotatable bonds is 9. The van der Waals surface area contributed by atoms with E-state index in [9.17, 15) is 4.79 Å². The number of nitrogens with zero attached hydrogens (tertiary/aromatic N) is 2. The third-order valence-corrected chi connectivity index (χ3v) is 5.58. The molecule has 0 bridgehead atoms. The van der Waals surface area contributed by atoms with Crippen molar-refractivity contribution in [2.75, 3.05) is 12.4 Å². The fraction of sp³-hybridized carbons (Fsp3) is 0.143. The zero-order valence-corrected chi connectivity index (χ0v) is 20.3. The zero-order valence-electron chi connectivity index (χ0n) is 19.6. The maximum atomic E-state index is 12.5. The Hall–Kier alpha value is -4.03. The number of ether oxygens (including phenoxy) is 2. The summed E-state index contributed by atoms with van der Waals surface area (Å²) in [6.07, 6.45) is 6.64. The van der Waals surface area contributed by atoms with Crippen LogP contribution in [-0.4, -0.2) is 22.8 Å². The molecular weight excluding hydrogens is 462 g/mol. The van der Waals surface area contributed by atoms with E-state index in [1.54, 1.807) is 30.3 Å². The molecule has 3 aromatic carbocycles. The third-order valence-electron chi connectivity index (χ3n) is 5.34. The topological polar surface area (TPSA) is 65.4 Å². The molecule has 178 valence electrons. The van der Waals surface area contributed by atoms with Crippen molar-refractivity contribution in [3.63, 3.8) is 0 Å². The number of anilines is 1. The lowest BCUT2D eigenvalue weighted by atomic mass is 10.1. The normalized spacial score (nSPS) is 10.9. The van der Waals surface area contributed by atoms with Gasteiger partial charge in [0.1, 0.15) is 18.1 Å². The van der Waals surface area contributed by atoms with E-state index in [1.807, 2.05) is 73.7 Å². The van der Waals surface area contributed by atoms with E-state index in [0.717, 1.165) is 33.8 Å². The fourth-order valence-corrected chi connectivity index (χ4v) is 3.79. The number of carbonyl (C=O) groups excluding carboxylic acids is 1. The van der Waals surface area contributed by atoms with Gasteiger partial charge >= 0.3 is 0 Å². The van der Waals surface area contributed by atoms with E-state index < -0.39 is 0 Å². The number of aromatic nitrogens is 2. The number of methoxy groups -OCH3 is 1. The van der Waals surface area contributed by atoms with Gasteiger partial charge in [-0.2, -0.15) is 5.10 Å². The molecule has 0 fully saturated rings. The molecular formula is C28H26ClN3O3. The van der Waals surface area contributed by atoms with Crippen LogP contribution in [0.3, 0.4) is 0 Å². The van der Waals surface area contributed by atoms with E-state index in [1.165, 1.54) is 6.08 Å². The molecule has 0 spiro atoms. The lowest BCUT2D eigenvalue weighted by Gasteiger charge is -2.12. The Bertz CT molecular complexity index is 1350. The average Bonchev–Trinajstić information content (AvgIpc) is 3.28. The lowest BCUT2D eigenvalue weighted by Crippen LogP contribution is -2.07. The van der Waals surface area contributed by atoms with E-state index >= 15 is 0 Å². The standard InChI is InChI=1S/C28H26ClN3O3/c1-20-6-3-4-9-26(20)35-19-23-14-21(10-12-27(23)34-2)11-13-28(33)31-25-16-30-32(18-25)17-22-7-5-8-24(29)15-22/h3-16,18H,17,19H2,1-2H3,(H,31,33)/b13-11+. The average molecular weight is 488 g/mol. The Morgan fingerprint density at radius 1 is 1.09 bits per heavy atom. The van der Waals surface area contributed by atoms with Crippen molar-refractivity contribution in [3.8, 4) is 11.5 Å². The molecule has 0 aliphatic heterocycles. The van der Waals surface area contributed by atoms with Crippen LogP contribution in [0.1, 0.15) is 22.3 Å². The van der Waals surface area contributed by atoms with Gasteiger partial charge in [0.05, 0.1) is 25.5 Å². The molecule has 1 aromatic heterocycles. The highest BCUT2D eigenvalue weighted by Gasteiger charge is 2.07. The van der Waals surface area contributed by atoms with Gasteiger partial charge in [-0.3, -0.25) is 9.48 Å². The van der Waals surface area contributed by atoms with Crippen LogP contribution in [-0.2, 0) is 17.9 Å². The van der Waals surface area contributed by atoms with Crippen molar-refractivity contribution >= 4 is 29.3 Å². The molecule has 0 aliphatic rings. The van der Waals surface area contributed by atoms with Crippen LogP contribution in [0.25, 0.3) is 6.08 Å². The lowest BCUT2D eigenvalue weighted by molar-refractivity contribution is -0.111. The predicted octanol–water partition coefficient (Wildman–Crippen LogP) is 6.13. The number of benzene rings is 3. The number of carbonyl (C=O) groups is 1. The molecule has 7 heteroatoms. The third kappa shape index (κ3) is 6.74. The van der Waals surface area contributed by atoms with Crippen LogP contribution in [0.15, 0.2) is 85.2 Å².